The molecule has 0 aliphatic carbocycles. The molecule has 3 N–H and O–H groups in total. The van der Waals surface area contributed by atoms with E-state index in [0.717, 1.165) is 6.42 Å². The molecule has 1 aromatic heterocycles. The Morgan fingerprint density at radius 2 is 2.06 bits per heavy atom. The van der Waals surface area contributed by atoms with E-state index in [1.165, 1.54) is 6.33 Å². The molecule has 0 saturated heterocycles. The summed E-state index contributed by atoms with van der Waals surface area (Å²) in [6, 6.07) is 0. The molecule has 0 aliphatic rings. The number of carbonyl (C=O) groups is 1. The minimum atomic E-state index is -0.194. The van der Waals surface area contributed by atoms with Crippen molar-refractivity contribution in [3.05, 3.63) is 16.6 Å². The first-order valence-corrected chi connectivity index (χ1v) is 6.00. The fraction of sp³-hybridized carbons (Fsp3) is 0.500. The maximum Gasteiger partial charge on any atom is 0.224 e. The number of hydrogen-bond donors (Lipinski definition) is 2. The molecule has 17 heavy (non-hydrogen) atoms. The van der Waals surface area contributed by atoms with Gasteiger partial charge in [0.25, 0.3) is 0 Å². The topological polar surface area (TPSA) is 80.9 Å². The van der Waals surface area contributed by atoms with E-state index in [9.17, 15) is 4.79 Å². The second kappa shape index (κ2) is 6.74. The van der Waals surface area contributed by atoms with Gasteiger partial charge < -0.3 is 11.1 Å². The van der Waals surface area contributed by atoms with E-state index in [2.05, 4.69) is 15.3 Å². The molecule has 0 bridgehead atoms. The first kappa shape index (κ1) is 14.2. The van der Waals surface area contributed by atoms with Crippen LogP contribution in [-0.2, 0) is 4.79 Å². The summed E-state index contributed by atoms with van der Waals surface area (Å²) in [5, 5.41) is 2.84. The standard InChI is InChI=1S/C10H14Cl2N4O/c1-2-6(4-13)3-7(17)16-8-9(11)14-5-15-10(8)12/h5-6H,2-4,13H2,1H3,(H,16,17). The summed E-state index contributed by atoms with van der Waals surface area (Å²) in [7, 11) is 0. The van der Waals surface area contributed by atoms with Gasteiger partial charge in [0.15, 0.2) is 10.3 Å². The number of amides is 1. The average Bonchev–Trinajstić information content (AvgIpc) is 2.31. The zero-order valence-corrected chi connectivity index (χ0v) is 10.9. The van der Waals surface area contributed by atoms with Crippen molar-refractivity contribution in [1.82, 2.24) is 9.97 Å². The van der Waals surface area contributed by atoms with E-state index < -0.39 is 0 Å². The van der Waals surface area contributed by atoms with E-state index in [4.69, 9.17) is 28.9 Å². The molecule has 1 unspecified atom stereocenters. The van der Waals surface area contributed by atoms with Gasteiger partial charge in [-0.1, -0.05) is 36.5 Å². The predicted molar refractivity (Wildman–Crippen MR) is 68.1 cm³/mol. The third kappa shape index (κ3) is 4.11. The van der Waals surface area contributed by atoms with E-state index in [-0.39, 0.29) is 27.8 Å². The van der Waals surface area contributed by atoms with Crippen molar-refractivity contribution in [3.63, 3.8) is 0 Å². The van der Waals surface area contributed by atoms with Crippen LogP contribution in [0.2, 0.25) is 10.3 Å². The summed E-state index contributed by atoms with van der Waals surface area (Å²) in [5.41, 5.74) is 5.77. The number of nitrogens with one attached hydrogen (secondary N) is 1. The highest BCUT2D eigenvalue weighted by molar-refractivity contribution is 6.38. The Hall–Kier alpha value is -0.910. The molecule has 0 aliphatic heterocycles. The first-order valence-electron chi connectivity index (χ1n) is 5.24. The molecule has 1 heterocycles. The van der Waals surface area contributed by atoms with Crippen LogP contribution in [0.25, 0.3) is 0 Å². The van der Waals surface area contributed by atoms with Gasteiger partial charge in [0, 0.05) is 6.42 Å². The molecule has 0 radical (unpaired) electrons. The van der Waals surface area contributed by atoms with Crippen LogP contribution in [0, 0.1) is 5.92 Å². The smallest absolute Gasteiger partial charge is 0.224 e. The van der Waals surface area contributed by atoms with Gasteiger partial charge in [0.2, 0.25) is 5.91 Å². The van der Waals surface area contributed by atoms with Crippen LogP contribution in [0.3, 0.4) is 0 Å². The predicted octanol–water partition coefficient (Wildman–Crippen LogP) is 2.10. The first-order chi connectivity index (χ1) is 8.08. The van der Waals surface area contributed by atoms with Gasteiger partial charge in [0.1, 0.15) is 12.0 Å². The molecule has 1 amide bonds. The van der Waals surface area contributed by atoms with E-state index in [0.29, 0.717) is 13.0 Å². The van der Waals surface area contributed by atoms with Gasteiger partial charge in [-0.15, -0.1) is 0 Å². The van der Waals surface area contributed by atoms with Crippen LogP contribution < -0.4 is 11.1 Å². The SMILES string of the molecule is CCC(CN)CC(=O)Nc1c(Cl)ncnc1Cl. The molecule has 0 saturated carbocycles. The van der Waals surface area contributed by atoms with Crippen molar-refractivity contribution >= 4 is 34.8 Å². The summed E-state index contributed by atoms with van der Waals surface area (Å²) < 4.78 is 0. The summed E-state index contributed by atoms with van der Waals surface area (Å²) in [4.78, 5) is 19.2. The Bertz CT molecular complexity index is 376. The average molecular weight is 277 g/mol. The molecule has 7 heteroatoms. The lowest BCUT2D eigenvalue weighted by Crippen LogP contribution is -2.22. The second-order valence-corrected chi connectivity index (χ2v) is 4.31. The largest absolute Gasteiger partial charge is 0.330 e. The molecule has 1 rings (SSSR count). The highest BCUT2D eigenvalue weighted by Gasteiger charge is 2.14. The molecular weight excluding hydrogens is 263 g/mol. The number of aromatic nitrogens is 2. The fourth-order valence-electron chi connectivity index (χ4n) is 1.29. The zero-order chi connectivity index (χ0) is 12.8. The third-order valence-corrected chi connectivity index (χ3v) is 2.98. The molecule has 94 valence electrons. The highest BCUT2D eigenvalue weighted by atomic mass is 35.5. The minimum Gasteiger partial charge on any atom is -0.330 e. The Labute approximate surface area is 110 Å². The number of nitrogens with two attached hydrogens (primary N) is 1. The van der Waals surface area contributed by atoms with Gasteiger partial charge >= 0.3 is 0 Å². The Morgan fingerprint density at radius 3 is 2.53 bits per heavy atom. The van der Waals surface area contributed by atoms with Crippen molar-refractivity contribution < 1.29 is 4.79 Å². The molecule has 1 aromatic rings. The van der Waals surface area contributed by atoms with Gasteiger partial charge in [-0.3, -0.25) is 4.79 Å². The Balaban J connectivity index is 2.68. The molecular formula is C10H14Cl2N4O. The summed E-state index contributed by atoms with van der Waals surface area (Å²) in [6.07, 6.45) is 2.40. The van der Waals surface area contributed by atoms with Crippen LogP contribution in [0.4, 0.5) is 5.69 Å². The number of anilines is 1. The monoisotopic (exact) mass is 276 g/mol. The van der Waals surface area contributed by atoms with Gasteiger partial charge in [-0.05, 0) is 12.5 Å². The summed E-state index contributed by atoms with van der Waals surface area (Å²) in [6.45, 7) is 2.45. The van der Waals surface area contributed by atoms with Crippen LogP contribution in [0.1, 0.15) is 19.8 Å². The summed E-state index contributed by atoms with van der Waals surface area (Å²) >= 11 is 11.6. The van der Waals surface area contributed by atoms with E-state index >= 15 is 0 Å². The van der Waals surface area contributed by atoms with Crippen LogP contribution >= 0.6 is 23.2 Å². The quantitative estimate of drug-likeness (QED) is 0.807. The van der Waals surface area contributed by atoms with Gasteiger partial charge in [-0.2, -0.15) is 0 Å². The minimum absolute atomic E-state index is 0.124. The Kier molecular flexibility index (Phi) is 5.61. The second-order valence-electron chi connectivity index (χ2n) is 3.59. The van der Waals surface area contributed by atoms with E-state index in [1.54, 1.807) is 0 Å². The van der Waals surface area contributed by atoms with Crippen molar-refractivity contribution in [2.45, 2.75) is 19.8 Å². The molecule has 0 fully saturated rings. The third-order valence-electron chi connectivity index (χ3n) is 2.40. The van der Waals surface area contributed by atoms with Crippen LogP contribution in [0.15, 0.2) is 6.33 Å². The van der Waals surface area contributed by atoms with Crippen molar-refractivity contribution in [3.8, 4) is 0 Å². The van der Waals surface area contributed by atoms with Crippen molar-refractivity contribution in [1.29, 1.82) is 0 Å². The van der Waals surface area contributed by atoms with E-state index in [1.807, 2.05) is 6.92 Å². The van der Waals surface area contributed by atoms with Crippen LogP contribution in [0.5, 0.6) is 0 Å². The van der Waals surface area contributed by atoms with Gasteiger partial charge in [-0.25, -0.2) is 9.97 Å². The zero-order valence-electron chi connectivity index (χ0n) is 9.41. The molecule has 5 nitrogen and oxygen atoms in total. The molecule has 0 aromatic carbocycles. The lowest BCUT2D eigenvalue weighted by molar-refractivity contribution is -0.117. The normalized spacial score (nSPS) is 12.2. The van der Waals surface area contributed by atoms with Crippen molar-refractivity contribution in [2.24, 2.45) is 11.7 Å². The highest BCUT2D eigenvalue weighted by Crippen LogP contribution is 2.26. The maximum absolute atomic E-state index is 11.7. The summed E-state index contributed by atoms with van der Waals surface area (Å²) in [5.74, 6) is -0.0434. The number of halogens is 2. The lowest BCUT2D eigenvalue weighted by atomic mass is 10.0. The van der Waals surface area contributed by atoms with Crippen LogP contribution in [-0.4, -0.2) is 22.4 Å². The number of rotatable bonds is 5. The van der Waals surface area contributed by atoms with Crippen molar-refractivity contribution in [2.75, 3.05) is 11.9 Å². The number of hydrogen-bond acceptors (Lipinski definition) is 4. The molecule has 1 atom stereocenters. The lowest BCUT2D eigenvalue weighted by Gasteiger charge is -2.12. The Morgan fingerprint density at radius 1 is 1.47 bits per heavy atom. The number of carbonyl (C=O) groups excluding carboxylic acids is 1. The fourth-order valence-corrected chi connectivity index (χ4v) is 1.70. The van der Waals surface area contributed by atoms with Gasteiger partial charge in [0.05, 0.1) is 0 Å². The number of nitrogens with zero attached hydrogens (tertiary/aromatic N) is 2. The maximum atomic E-state index is 11.7. The molecule has 0 spiro atoms.